The summed E-state index contributed by atoms with van der Waals surface area (Å²) in [6.45, 7) is 2.14. The van der Waals surface area contributed by atoms with Crippen LogP contribution in [-0.2, 0) is 13.6 Å². The smallest absolute Gasteiger partial charge is 0.263 e. The molecule has 0 aliphatic heterocycles. The molecule has 4 N–H and O–H groups in total. The van der Waals surface area contributed by atoms with E-state index in [4.69, 9.17) is 15.1 Å². The van der Waals surface area contributed by atoms with Gasteiger partial charge in [-0.1, -0.05) is 24.1 Å². The Morgan fingerprint density at radius 2 is 2.12 bits per heavy atom. The minimum absolute atomic E-state index is 0.0566. The molecular weight excluding hydrogens is 454 g/mol. The third-order valence-corrected chi connectivity index (χ3v) is 7.04. The SMILES string of the molecule is CC(O)c1cnc(OCC2(SN)CC2)c2c1cc(C(=O)NCc1ccc(C#N)cc1)c(=O)n2C. The molecule has 0 spiro atoms. The van der Waals surface area contributed by atoms with Gasteiger partial charge in [-0.25, -0.2) is 4.98 Å². The van der Waals surface area contributed by atoms with E-state index in [-0.39, 0.29) is 22.7 Å². The molecule has 1 amide bonds. The number of hydrogen-bond acceptors (Lipinski definition) is 8. The number of pyridine rings is 2. The Kier molecular flexibility index (Phi) is 6.61. The Morgan fingerprint density at radius 3 is 2.71 bits per heavy atom. The fourth-order valence-electron chi connectivity index (χ4n) is 3.69. The second-order valence-electron chi connectivity index (χ2n) is 8.46. The first kappa shape index (κ1) is 23.8. The van der Waals surface area contributed by atoms with Gasteiger partial charge in [0.25, 0.3) is 11.5 Å². The van der Waals surface area contributed by atoms with Crippen molar-refractivity contribution in [2.75, 3.05) is 6.61 Å². The third-order valence-electron chi connectivity index (χ3n) is 6.01. The average Bonchev–Trinajstić information content (AvgIpc) is 3.63. The molecule has 4 rings (SSSR count). The minimum Gasteiger partial charge on any atom is -0.475 e. The van der Waals surface area contributed by atoms with E-state index in [2.05, 4.69) is 10.3 Å². The van der Waals surface area contributed by atoms with E-state index in [1.807, 2.05) is 6.07 Å². The lowest BCUT2D eigenvalue weighted by Gasteiger charge is -2.18. The largest absolute Gasteiger partial charge is 0.475 e. The van der Waals surface area contributed by atoms with E-state index in [1.54, 1.807) is 38.2 Å². The van der Waals surface area contributed by atoms with Gasteiger partial charge in [0.1, 0.15) is 17.7 Å². The molecule has 9 nitrogen and oxygen atoms in total. The fraction of sp³-hybridized carbons (Fsp3) is 0.333. The predicted molar refractivity (Wildman–Crippen MR) is 129 cm³/mol. The molecule has 176 valence electrons. The van der Waals surface area contributed by atoms with Crippen LogP contribution >= 0.6 is 11.9 Å². The summed E-state index contributed by atoms with van der Waals surface area (Å²) in [5.74, 6) is -0.289. The van der Waals surface area contributed by atoms with Crippen LogP contribution in [0.1, 0.15) is 52.9 Å². The van der Waals surface area contributed by atoms with Crippen molar-refractivity contribution < 1.29 is 14.6 Å². The van der Waals surface area contributed by atoms with Gasteiger partial charge in [0.15, 0.2) is 0 Å². The van der Waals surface area contributed by atoms with E-state index in [1.165, 1.54) is 28.8 Å². The molecular formula is C24H25N5O4S. The number of nitriles is 1. The van der Waals surface area contributed by atoms with Crippen molar-refractivity contribution in [2.45, 2.75) is 37.2 Å². The molecule has 1 aliphatic rings. The summed E-state index contributed by atoms with van der Waals surface area (Å²) in [7, 11) is 1.55. The molecule has 1 fully saturated rings. The van der Waals surface area contributed by atoms with Gasteiger partial charge in [0.05, 0.1) is 22.5 Å². The van der Waals surface area contributed by atoms with Crippen molar-refractivity contribution in [3.05, 3.63) is 69.1 Å². The Balaban J connectivity index is 1.68. The standard InChI is InChI=1S/C24H25N5O4S/c1-14(30)19-12-28-22(33-13-24(34-26)7-8-24)20-17(19)9-18(23(32)29(20)2)21(31)27-11-16-5-3-15(10-25)4-6-16/h3-6,9,12,14,30H,7-8,11,13,26H2,1-2H3,(H,27,31). The molecule has 1 aliphatic carbocycles. The highest BCUT2D eigenvalue weighted by Gasteiger charge is 2.44. The molecule has 3 aromatic rings. The Hall–Kier alpha value is -3.39. The Morgan fingerprint density at radius 1 is 1.41 bits per heavy atom. The minimum atomic E-state index is -0.870. The van der Waals surface area contributed by atoms with E-state index >= 15 is 0 Å². The van der Waals surface area contributed by atoms with Crippen molar-refractivity contribution >= 4 is 28.8 Å². The molecule has 0 saturated heterocycles. The number of aromatic nitrogens is 2. The highest BCUT2D eigenvalue weighted by molar-refractivity contribution is 7.98. The maximum atomic E-state index is 13.1. The van der Waals surface area contributed by atoms with E-state index in [9.17, 15) is 14.7 Å². The first-order valence-corrected chi connectivity index (χ1v) is 11.6. The molecule has 1 unspecified atom stereocenters. The number of nitrogens with one attached hydrogen (secondary N) is 1. The number of nitrogens with zero attached hydrogens (tertiary/aromatic N) is 3. The number of carbonyl (C=O) groups is 1. The van der Waals surface area contributed by atoms with Crippen LogP contribution < -0.4 is 20.8 Å². The van der Waals surface area contributed by atoms with Gasteiger partial charge in [-0.3, -0.25) is 14.7 Å². The lowest BCUT2D eigenvalue weighted by Crippen LogP contribution is -2.32. The van der Waals surface area contributed by atoms with Gasteiger partial charge in [-0.15, -0.1) is 0 Å². The molecule has 1 saturated carbocycles. The van der Waals surface area contributed by atoms with Crippen LogP contribution in [0.5, 0.6) is 5.88 Å². The highest BCUT2D eigenvalue weighted by Crippen LogP contribution is 2.46. The number of hydrogen-bond donors (Lipinski definition) is 3. The van der Waals surface area contributed by atoms with E-state index in [0.717, 1.165) is 18.4 Å². The highest BCUT2D eigenvalue weighted by atomic mass is 32.2. The number of nitrogens with two attached hydrogens (primary N) is 1. The van der Waals surface area contributed by atoms with E-state index in [0.29, 0.717) is 28.6 Å². The first-order chi connectivity index (χ1) is 16.3. The Bertz CT molecular complexity index is 1340. The number of aliphatic hydroxyl groups excluding tert-OH is 1. The van der Waals surface area contributed by atoms with Crippen molar-refractivity contribution in [1.82, 2.24) is 14.9 Å². The summed E-state index contributed by atoms with van der Waals surface area (Å²) in [6, 6.07) is 10.3. The summed E-state index contributed by atoms with van der Waals surface area (Å²) >= 11 is 1.26. The predicted octanol–water partition coefficient (Wildman–Crippen LogP) is 2.31. The number of aliphatic hydroxyl groups is 1. The molecule has 10 heteroatoms. The zero-order chi connectivity index (χ0) is 24.5. The maximum Gasteiger partial charge on any atom is 0.263 e. The quantitative estimate of drug-likeness (QED) is 0.418. The Labute approximate surface area is 200 Å². The molecule has 1 aromatic carbocycles. The van der Waals surface area contributed by atoms with Crippen LogP contribution in [0.15, 0.2) is 41.3 Å². The van der Waals surface area contributed by atoms with Gasteiger partial charge in [-0.2, -0.15) is 5.26 Å². The molecule has 2 aromatic heterocycles. The molecule has 34 heavy (non-hydrogen) atoms. The summed E-state index contributed by atoms with van der Waals surface area (Å²) in [5, 5.41) is 28.2. The van der Waals surface area contributed by atoms with Crippen LogP contribution in [0.2, 0.25) is 0 Å². The normalized spacial score (nSPS) is 14.9. The molecule has 1 atom stereocenters. The zero-order valence-corrected chi connectivity index (χ0v) is 19.7. The van der Waals surface area contributed by atoms with Crippen molar-refractivity contribution in [3.63, 3.8) is 0 Å². The second-order valence-corrected chi connectivity index (χ2v) is 9.56. The van der Waals surface area contributed by atoms with Gasteiger partial charge in [0, 0.05) is 30.7 Å². The fourth-order valence-corrected chi connectivity index (χ4v) is 4.15. The molecule has 2 heterocycles. The average molecular weight is 480 g/mol. The number of aryl methyl sites for hydroxylation is 1. The van der Waals surface area contributed by atoms with Gasteiger partial charge in [0.2, 0.25) is 5.88 Å². The van der Waals surface area contributed by atoms with Gasteiger partial charge >= 0.3 is 0 Å². The summed E-state index contributed by atoms with van der Waals surface area (Å²) in [6.07, 6.45) is 2.52. The number of carbonyl (C=O) groups excluding carboxylic acids is 1. The number of amides is 1. The van der Waals surface area contributed by atoms with Crippen molar-refractivity contribution in [1.29, 1.82) is 5.26 Å². The summed E-state index contributed by atoms with van der Waals surface area (Å²) in [5.41, 5.74) is 1.64. The van der Waals surface area contributed by atoms with E-state index < -0.39 is 17.6 Å². The van der Waals surface area contributed by atoms with Crippen LogP contribution in [0, 0.1) is 11.3 Å². The topological polar surface area (TPSA) is 143 Å². The lowest BCUT2D eigenvalue weighted by atomic mass is 10.0. The third kappa shape index (κ3) is 4.63. The number of benzene rings is 1. The molecule has 0 bridgehead atoms. The van der Waals surface area contributed by atoms with Crippen LogP contribution in [0.25, 0.3) is 10.9 Å². The number of fused-ring (bicyclic) bond motifs is 1. The van der Waals surface area contributed by atoms with Gasteiger partial charge in [-0.05, 0) is 43.5 Å². The van der Waals surface area contributed by atoms with Crippen LogP contribution in [0.3, 0.4) is 0 Å². The second kappa shape index (κ2) is 9.46. The van der Waals surface area contributed by atoms with Crippen molar-refractivity contribution in [2.24, 2.45) is 12.2 Å². The monoisotopic (exact) mass is 479 g/mol. The summed E-state index contributed by atoms with van der Waals surface area (Å²) < 4.78 is 7.15. The van der Waals surface area contributed by atoms with Crippen LogP contribution in [-0.4, -0.2) is 31.9 Å². The number of ether oxygens (including phenoxy) is 1. The first-order valence-electron chi connectivity index (χ1n) is 10.8. The number of rotatable bonds is 8. The van der Waals surface area contributed by atoms with Gasteiger partial charge < -0.3 is 19.7 Å². The zero-order valence-electron chi connectivity index (χ0n) is 18.9. The summed E-state index contributed by atoms with van der Waals surface area (Å²) in [4.78, 5) is 30.4. The maximum absolute atomic E-state index is 13.1. The molecule has 0 radical (unpaired) electrons. The van der Waals surface area contributed by atoms with Crippen LogP contribution in [0.4, 0.5) is 0 Å². The van der Waals surface area contributed by atoms with Crippen molar-refractivity contribution in [3.8, 4) is 11.9 Å². The lowest BCUT2D eigenvalue weighted by molar-refractivity contribution is 0.0949.